The zero-order valence-electron chi connectivity index (χ0n) is 15.7. The van der Waals surface area contributed by atoms with Gasteiger partial charge in [-0.1, -0.05) is 12.1 Å². The maximum absolute atomic E-state index is 5.53. The zero-order valence-corrected chi connectivity index (χ0v) is 15.7. The Labute approximate surface area is 158 Å². The zero-order chi connectivity index (χ0) is 18.8. The molecule has 0 aliphatic carbocycles. The van der Waals surface area contributed by atoms with E-state index >= 15 is 0 Å². The van der Waals surface area contributed by atoms with Crippen molar-refractivity contribution in [3.05, 3.63) is 53.7 Å². The minimum Gasteiger partial charge on any atom is -0.496 e. The minimum absolute atomic E-state index is 0.253. The summed E-state index contributed by atoms with van der Waals surface area (Å²) in [6.45, 7) is 1.74. The van der Waals surface area contributed by atoms with Crippen molar-refractivity contribution in [1.29, 1.82) is 0 Å². The highest BCUT2D eigenvalue weighted by atomic mass is 16.7. The molecule has 140 valence electrons. The SMILES string of the molecule is COc1cc2c(cc1CN(C)Cc1ccc(OC)c3ncccc13)OCO2. The Morgan fingerprint density at radius 3 is 2.48 bits per heavy atom. The van der Waals surface area contributed by atoms with Crippen molar-refractivity contribution < 1.29 is 18.9 Å². The average Bonchev–Trinajstić information content (AvgIpc) is 3.15. The molecule has 6 nitrogen and oxygen atoms in total. The fourth-order valence-corrected chi connectivity index (χ4v) is 3.42. The second-order valence-corrected chi connectivity index (χ2v) is 6.52. The maximum atomic E-state index is 5.53. The molecule has 0 fully saturated rings. The van der Waals surface area contributed by atoms with Crippen molar-refractivity contribution in [3.8, 4) is 23.0 Å². The van der Waals surface area contributed by atoms with Gasteiger partial charge < -0.3 is 18.9 Å². The summed E-state index contributed by atoms with van der Waals surface area (Å²) < 4.78 is 21.9. The van der Waals surface area contributed by atoms with E-state index in [1.165, 1.54) is 5.56 Å². The molecule has 4 rings (SSSR count). The monoisotopic (exact) mass is 366 g/mol. The summed E-state index contributed by atoms with van der Waals surface area (Å²) in [6, 6.07) is 12.0. The van der Waals surface area contributed by atoms with Crippen molar-refractivity contribution >= 4 is 10.9 Å². The molecule has 0 saturated carbocycles. The Hall–Kier alpha value is -2.99. The summed E-state index contributed by atoms with van der Waals surface area (Å²) >= 11 is 0. The molecule has 3 aromatic rings. The molecule has 0 bridgehead atoms. The van der Waals surface area contributed by atoms with E-state index in [4.69, 9.17) is 18.9 Å². The molecule has 27 heavy (non-hydrogen) atoms. The van der Waals surface area contributed by atoms with Gasteiger partial charge in [0.15, 0.2) is 11.5 Å². The third-order valence-electron chi connectivity index (χ3n) is 4.70. The number of fused-ring (bicyclic) bond motifs is 2. The number of hydrogen-bond donors (Lipinski definition) is 0. The van der Waals surface area contributed by atoms with E-state index in [0.29, 0.717) is 6.54 Å². The second-order valence-electron chi connectivity index (χ2n) is 6.52. The van der Waals surface area contributed by atoms with Crippen LogP contribution < -0.4 is 18.9 Å². The molecule has 0 amide bonds. The molecular formula is C21H22N2O4. The van der Waals surface area contributed by atoms with Gasteiger partial charge in [-0.05, 0) is 30.8 Å². The van der Waals surface area contributed by atoms with Gasteiger partial charge in [-0.15, -0.1) is 0 Å². The molecule has 0 radical (unpaired) electrons. The lowest BCUT2D eigenvalue weighted by atomic mass is 10.1. The quantitative estimate of drug-likeness (QED) is 0.664. The van der Waals surface area contributed by atoms with E-state index in [2.05, 4.69) is 29.1 Å². The Morgan fingerprint density at radius 2 is 1.70 bits per heavy atom. The van der Waals surface area contributed by atoms with Crippen molar-refractivity contribution in [2.45, 2.75) is 13.1 Å². The summed E-state index contributed by atoms with van der Waals surface area (Å²) in [7, 11) is 5.42. The van der Waals surface area contributed by atoms with Crippen LogP contribution in [0.4, 0.5) is 0 Å². The first kappa shape index (κ1) is 17.4. The van der Waals surface area contributed by atoms with Crippen LogP contribution in [0.3, 0.4) is 0 Å². The molecule has 6 heteroatoms. The van der Waals surface area contributed by atoms with Gasteiger partial charge in [0, 0.05) is 36.3 Å². The van der Waals surface area contributed by atoms with Crippen molar-refractivity contribution in [2.24, 2.45) is 0 Å². The Kier molecular flexibility index (Phi) is 4.73. The van der Waals surface area contributed by atoms with Crippen molar-refractivity contribution in [1.82, 2.24) is 9.88 Å². The highest BCUT2D eigenvalue weighted by Gasteiger charge is 2.19. The van der Waals surface area contributed by atoms with Crippen molar-refractivity contribution in [2.75, 3.05) is 28.1 Å². The number of pyridine rings is 1. The molecule has 1 aliphatic rings. The highest BCUT2D eigenvalue weighted by molar-refractivity contribution is 5.87. The number of aromatic nitrogens is 1. The number of ether oxygens (including phenoxy) is 4. The van der Waals surface area contributed by atoms with Gasteiger partial charge in [0.1, 0.15) is 17.0 Å². The summed E-state index contributed by atoms with van der Waals surface area (Å²) in [4.78, 5) is 6.71. The van der Waals surface area contributed by atoms with Gasteiger partial charge in [0.25, 0.3) is 0 Å². The molecule has 0 unspecified atom stereocenters. The van der Waals surface area contributed by atoms with Crippen LogP contribution in [-0.4, -0.2) is 37.9 Å². The number of nitrogens with zero attached hydrogens (tertiary/aromatic N) is 2. The van der Waals surface area contributed by atoms with Gasteiger partial charge in [0.2, 0.25) is 6.79 Å². The van der Waals surface area contributed by atoms with Crippen LogP contribution in [0.1, 0.15) is 11.1 Å². The van der Waals surface area contributed by atoms with E-state index in [0.717, 1.165) is 46.0 Å². The Bertz CT molecular complexity index is 974. The molecule has 0 N–H and O–H groups in total. The first-order valence-corrected chi connectivity index (χ1v) is 8.75. The third kappa shape index (κ3) is 3.36. The van der Waals surface area contributed by atoms with Crippen LogP contribution >= 0.6 is 0 Å². The van der Waals surface area contributed by atoms with E-state index in [1.54, 1.807) is 20.4 Å². The molecule has 0 spiro atoms. The Morgan fingerprint density at radius 1 is 0.963 bits per heavy atom. The lowest BCUT2D eigenvalue weighted by Crippen LogP contribution is -2.18. The van der Waals surface area contributed by atoms with Gasteiger partial charge in [0.05, 0.1) is 14.2 Å². The normalized spacial score (nSPS) is 12.6. The van der Waals surface area contributed by atoms with Gasteiger partial charge in [-0.3, -0.25) is 9.88 Å². The molecule has 0 atom stereocenters. The lowest BCUT2D eigenvalue weighted by molar-refractivity contribution is 0.174. The predicted octanol–water partition coefficient (Wildman–Crippen LogP) is 3.61. The fourth-order valence-electron chi connectivity index (χ4n) is 3.42. The molecular weight excluding hydrogens is 344 g/mol. The minimum atomic E-state index is 0.253. The van der Waals surface area contributed by atoms with E-state index in [-0.39, 0.29) is 6.79 Å². The van der Waals surface area contributed by atoms with Crippen LogP contribution in [0.15, 0.2) is 42.6 Å². The third-order valence-corrected chi connectivity index (χ3v) is 4.70. The predicted molar refractivity (Wildman–Crippen MR) is 103 cm³/mol. The topological polar surface area (TPSA) is 53.1 Å². The van der Waals surface area contributed by atoms with Crippen LogP contribution in [0.5, 0.6) is 23.0 Å². The summed E-state index contributed by atoms with van der Waals surface area (Å²) in [5.74, 6) is 3.07. The number of benzene rings is 2. The Balaban J connectivity index is 1.59. The van der Waals surface area contributed by atoms with E-state index in [1.807, 2.05) is 24.3 Å². The lowest BCUT2D eigenvalue weighted by Gasteiger charge is -2.20. The van der Waals surface area contributed by atoms with Gasteiger partial charge in [-0.2, -0.15) is 0 Å². The molecule has 1 aliphatic heterocycles. The summed E-state index contributed by atoms with van der Waals surface area (Å²) in [6.07, 6.45) is 1.79. The van der Waals surface area contributed by atoms with Crippen LogP contribution in [0.25, 0.3) is 10.9 Å². The summed E-state index contributed by atoms with van der Waals surface area (Å²) in [5, 5.41) is 1.10. The smallest absolute Gasteiger partial charge is 0.231 e. The summed E-state index contributed by atoms with van der Waals surface area (Å²) in [5.41, 5.74) is 3.13. The molecule has 1 aromatic heterocycles. The first-order chi connectivity index (χ1) is 13.2. The fraction of sp³-hybridized carbons (Fsp3) is 0.286. The average molecular weight is 366 g/mol. The molecule has 0 saturated heterocycles. The van der Waals surface area contributed by atoms with E-state index < -0.39 is 0 Å². The van der Waals surface area contributed by atoms with Gasteiger partial charge in [-0.25, -0.2) is 0 Å². The van der Waals surface area contributed by atoms with Crippen LogP contribution in [0, 0.1) is 0 Å². The first-order valence-electron chi connectivity index (χ1n) is 8.75. The highest BCUT2D eigenvalue weighted by Crippen LogP contribution is 2.38. The number of rotatable bonds is 6. The molecule has 2 aromatic carbocycles. The van der Waals surface area contributed by atoms with Crippen LogP contribution in [0.2, 0.25) is 0 Å². The van der Waals surface area contributed by atoms with Gasteiger partial charge >= 0.3 is 0 Å². The maximum Gasteiger partial charge on any atom is 0.231 e. The number of hydrogen-bond acceptors (Lipinski definition) is 6. The second kappa shape index (κ2) is 7.32. The van der Waals surface area contributed by atoms with E-state index in [9.17, 15) is 0 Å². The van der Waals surface area contributed by atoms with Crippen molar-refractivity contribution in [3.63, 3.8) is 0 Å². The number of methoxy groups -OCH3 is 2. The standard InChI is InChI=1S/C21H22N2O4/c1-23(12-15-9-19-20(27-13-26-19)10-18(15)25-3)11-14-6-7-17(24-2)21-16(14)5-4-8-22-21/h4-10H,11-13H2,1-3H3. The molecule has 2 heterocycles. The largest absolute Gasteiger partial charge is 0.496 e. The van der Waals surface area contributed by atoms with Crippen LogP contribution in [-0.2, 0) is 13.1 Å².